The highest BCUT2D eigenvalue weighted by Gasteiger charge is 2.12. The Morgan fingerprint density at radius 2 is 2.22 bits per heavy atom. The molecule has 1 rings (SSSR count). The largest absolute Gasteiger partial charge is 0.383 e. The van der Waals surface area contributed by atoms with Crippen LogP contribution < -0.4 is 16.0 Å². The molecule has 0 spiro atoms. The molecular weight excluding hydrogens is 250 g/mol. The van der Waals surface area contributed by atoms with Crippen LogP contribution in [0.3, 0.4) is 0 Å². The summed E-state index contributed by atoms with van der Waals surface area (Å²) in [4.78, 5) is 21.9. The lowest BCUT2D eigenvalue weighted by molar-refractivity contribution is -0.119. The number of rotatable bonds is 6. The lowest BCUT2D eigenvalue weighted by Crippen LogP contribution is -2.37. The Hall–Kier alpha value is -1.50. The van der Waals surface area contributed by atoms with E-state index in [1.165, 1.54) is 11.8 Å². The molecule has 0 aromatic carbocycles. The number of carbonyl (C=O) groups excluding carboxylic acids is 1. The average Bonchev–Trinajstić information content (AvgIpc) is 2.35. The molecule has 0 bridgehead atoms. The van der Waals surface area contributed by atoms with Crippen molar-refractivity contribution >= 4 is 29.3 Å². The van der Waals surface area contributed by atoms with Crippen LogP contribution in [0.15, 0.2) is 11.2 Å². The van der Waals surface area contributed by atoms with Gasteiger partial charge in [-0.2, -0.15) is 0 Å². The van der Waals surface area contributed by atoms with Gasteiger partial charge in [0, 0.05) is 19.2 Å². The summed E-state index contributed by atoms with van der Waals surface area (Å²) in [6.07, 6.45) is 1.89. The number of aromatic nitrogens is 2. The number of likely N-dealkylation sites (N-methyl/N-ethyl adjacent to an activating group) is 2. The molecule has 0 atom stereocenters. The molecule has 1 heterocycles. The molecule has 3 N–H and O–H groups in total. The normalized spacial score (nSPS) is 10.2. The maximum atomic E-state index is 11.6. The minimum absolute atomic E-state index is 0.0257. The van der Waals surface area contributed by atoms with E-state index >= 15 is 0 Å². The van der Waals surface area contributed by atoms with Crippen LogP contribution >= 0.6 is 11.8 Å². The van der Waals surface area contributed by atoms with Gasteiger partial charge in [-0.25, -0.2) is 9.97 Å². The number of thioether (sulfide) groups is 1. The number of carbonyl (C=O) groups is 1. The van der Waals surface area contributed by atoms with Gasteiger partial charge in [0.05, 0.1) is 6.54 Å². The third kappa shape index (κ3) is 4.06. The monoisotopic (exact) mass is 269 g/mol. The second kappa shape index (κ2) is 7.05. The first-order valence-corrected chi connectivity index (χ1v) is 7.03. The molecule has 1 aromatic rings. The van der Waals surface area contributed by atoms with Crippen LogP contribution in [0.4, 0.5) is 11.6 Å². The topological polar surface area (TPSA) is 84.1 Å². The van der Waals surface area contributed by atoms with E-state index in [0.29, 0.717) is 29.9 Å². The fourth-order valence-corrected chi connectivity index (χ4v) is 1.85. The Labute approximate surface area is 111 Å². The summed E-state index contributed by atoms with van der Waals surface area (Å²) in [5.74, 6) is 1.07. The van der Waals surface area contributed by atoms with E-state index in [1.54, 1.807) is 6.07 Å². The highest BCUT2D eigenvalue weighted by atomic mass is 32.2. The number of nitrogens with two attached hydrogens (primary N) is 1. The molecule has 1 aromatic heterocycles. The van der Waals surface area contributed by atoms with E-state index in [-0.39, 0.29) is 12.5 Å². The lowest BCUT2D eigenvalue weighted by atomic mass is 10.4. The first kappa shape index (κ1) is 14.6. The van der Waals surface area contributed by atoms with Crippen molar-refractivity contribution in [2.45, 2.75) is 19.0 Å². The standard InChI is InChI=1S/C11H19N5OS/c1-4-13-10(17)7-16(5-2)9-6-8(12)14-11(15-9)18-3/h6H,4-5,7H2,1-3H3,(H,13,17)(H2,12,14,15). The summed E-state index contributed by atoms with van der Waals surface area (Å²) in [7, 11) is 0. The van der Waals surface area contributed by atoms with Crippen molar-refractivity contribution < 1.29 is 4.79 Å². The summed E-state index contributed by atoms with van der Waals surface area (Å²) in [6, 6.07) is 1.68. The molecule has 0 aliphatic carbocycles. The van der Waals surface area contributed by atoms with Crippen LogP contribution in [0, 0.1) is 0 Å². The van der Waals surface area contributed by atoms with Gasteiger partial charge in [-0.05, 0) is 20.1 Å². The second-order valence-electron chi connectivity index (χ2n) is 3.61. The number of hydrogen-bond acceptors (Lipinski definition) is 6. The van der Waals surface area contributed by atoms with Gasteiger partial charge in [0.1, 0.15) is 11.6 Å². The number of anilines is 2. The Morgan fingerprint density at radius 1 is 1.50 bits per heavy atom. The van der Waals surface area contributed by atoms with Crippen molar-refractivity contribution in [3.8, 4) is 0 Å². The van der Waals surface area contributed by atoms with E-state index in [2.05, 4.69) is 15.3 Å². The van der Waals surface area contributed by atoms with Gasteiger partial charge in [-0.1, -0.05) is 11.8 Å². The van der Waals surface area contributed by atoms with Gasteiger partial charge >= 0.3 is 0 Å². The Bertz CT molecular complexity index is 412. The molecule has 18 heavy (non-hydrogen) atoms. The predicted molar refractivity (Wildman–Crippen MR) is 74.8 cm³/mol. The second-order valence-corrected chi connectivity index (χ2v) is 4.38. The van der Waals surface area contributed by atoms with Crippen molar-refractivity contribution in [3.63, 3.8) is 0 Å². The summed E-state index contributed by atoms with van der Waals surface area (Å²) in [6.45, 7) is 5.44. The van der Waals surface area contributed by atoms with Gasteiger partial charge in [0.2, 0.25) is 5.91 Å². The van der Waals surface area contributed by atoms with Crippen molar-refractivity contribution in [3.05, 3.63) is 6.07 Å². The zero-order valence-corrected chi connectivity index (χ0v) is 11.8. The van der Waals surface area contributed by atoms with E-state index in [4.69, 9.17) is 5.73 Å². The maximum Gasteiger partial charge on any atom is 0.239 e. The number of hydrogen-bond donors (Lipinski definition) is 2. The minimum Gasteiger partial charge on any atom is -0.383 e. The fourth-order valence-electron chi connectivity index (χ4n) is 1.46. The van der Waals surface area contributed by atoms with Crippen LogP contribution in [-0.4, -0.2) is 41.8 Å². The molecule has 6 nitrogen and oxygen atoms in total. The molecule has 0 fully saturated rings. The molecule has 0 saturated heterocycles. The quantitative estimate of drug-likeness (QED) is 0.585. The zero-order valence-electron chi connectivity index (χ0n) is 10.9. The van der Waals surface area contributed by atoms with E-state index in [0.717, 1.165) is 0 Å². The SMILES string of the molecule is CCNC(=O)CN(CC)c1cc(N)nc(SC)n1. The Balaban J connectivity index is 2.87. The number of nitrogens with one attached hydrogen (secondary N) is 1. The number of nitrogens with zero attached hydrogens (tertiary/aromatic N) is 3. The van der Waals surface area contributed by atoms with Crippen LogP contribution in [0.2, 0.25) is 0 Å². The van der Waals surface area contributed by atoms with Gasteiger partial charge in [0.15, 0.2) is 5.16 Å². The molecule has 0 saturated carbocycles. The molecule has 7 heteroatoms. The maximum absolute atomic E-state index is 11.6. The van der Waals surface area contributed by atoms with Gasteiger partial charge in [-0.15, -0.1) is 0 Å². The molecule has 0 aliphatic rings. The predicted octanol–water partition coefficient (Wildman–Crippen LogP) is 0.743. The van der Waals surface area contributed by atoms with E-state index < -0.39 is 0 Å². The van der Waals surface area contributed by atoms with Crippen molar-refractivity contribution in [2.75, 3.05) is 36.5 Å². The van der Waals surface area contributed by atoms with Gasteiger partial charge in [0.25, 0.3) is 0 Å². The Morgan fingerprint density at radius 3 is 2.78 bits per heavy atom. The summed E-state index contributed by atoms with van der Waals surface area (Å²) in [5.41, 5.74) is 5.73. The first-order valence-electron chi connectivity index (χ1n) is 5.80. The summed E-state index contributed by atoms with van der Waals surface area (Å²) in [5, 5.41) is 3.37. The average molecular weight is 269 g/mol. The number of nitrogen functional groups attached to an aromatic ring is 1. The molecular formula is C11H19N5OS. The van der Waals surface area contributed by atoms with Gasteiger partial charge < -0.3 is 16.0 Å². The molecule has 100 valence electrons. The van der Waals surface area contributed by atoms with Gasteiger partial charge in [-0.3, -0.25) is 4.79 Å². The van der Waals surface area contributed by atoms with E-state index in [9.17, 15) is 4.79 Å². The van der Waals surface area contributed by atoms with Crippen molar-refractivity contribution in [1.82, 2.24) is 15.3 Å². The molecule has 0 radical (unpaired) electrons. The lowest BCUT2D eigenvalue weighted by Gasteiger charge is -2.21. The molecule has 0 aliphatic heterocycles. The Kier molecular flexibility index (Phi) is 5.70. The third-order valence-electron chi connectivity index (χ3n) is 2.31. The van der Waals surface area contributed by atoms with Crippen LogP contribution in [0.1, 0.15) is 13.8 Å². The van der Waals surface area contributed by atoms with E-state index in [1.807, 2.05) is 25.0 Å². The first-order chi connectivity index (χ1) is 8.60. The van der Waals surface area contributed by atoms with Crippen molar-refractivity contribution in [2.24, 2.45) is 0 Å². The molecule has 0 unspecified atom stereocenters. The molecule has 1 amide bonds. The van der Waals surface area contributed by atoms with Crippen LogP contribution in [0.5, 0.6) is 0 Å². The zero-order chi connectivity index (χ0) is 13.5. The minimum atomic E-state index is -0.0257. The van der Waals surface area contributed by atoms with Crippen LogP contribution in [-0.2, 0) is 4.79 Å². The van der Waals surface area contributed by atoms with Crippen molar-refractivity contribution in [1.29, 1.82) is 0 Å². The summed E-state index contributed by atoms with van der Waals surface area (Å²) >= 11 is 1.42. The summed E-state index contributed by atoms with van der Waals surface area (Å²) < 4.78 is 0. The smallest absolute Gasteiger partial charge is 0.239 e. The fraction of sp³-hybridized carbons (Fsp3) is 0.545. The number of amides is 1. The highest BCUT2D eigenvalue weighted by Crippen LogP contribution is 2.18. The highest BCUT2D eigenvalue weighted by molar-refractivity contribution is 7.98. The van der Waals surface area contributed by atoms with Crippen LogP contribution in [0.25, 0.3) is 0 Å². The third-order valence-corrected chi connectivity index (χ3v) is 2.86.